The molecule has 4 aromatic heterocycles. The molecule has 4 nitrogen and oxygen atoms in total. The minimum absolute atomic E-state index is 1.09. The Hall–Kier alpha value is -10.7. The number of para-hydroxylation sites is 4. The molecule has 0 spiro atoms. The lowest BCUT2D eigenvalue weighted by molar-refractivity contribution is 1.13. The first-order valence-electron chi connectivity index (χ1n) is 29.1. The quantitative estimate of drug-likeness (QED) is 0.183. The lowest BCUT2D eigenvalue weighted by Crippen LogP contribution is -1.98. The lowest BCUT2D eigenvalue weighted by Gasteiger charge is -2.15. The van der Waals surface area contributed by atoms with Gasteiger partial charge in [-0.15, -0.1) is 0 Å². The highest BCUT2D eigenvalue weighted by Crippen LogP contribution is 2.51. The molecule has 18 aromatic rings. The van der Waals surface area contributed by atoms with Crippen LogP contribution in [0.25, 0.3) is 170 Å². The van der Waals surface area contributed by atoms with Crippen molar-refractivity contribution in [1.82, 2.24) is 18.7 Å². The predicted octanol–water partition coefficient (Wildman–Crippen LogP) is 22.3. The number of nitrogens with zero attached hydrogens (tertiary/aromatic N) is 3. The van der Waals surface area contributed by atoms with Crippen molar-refractivity contribution in [1.29, 1.82) is 0 Å². The van der Waals surface area contributed by atoms with Crippen LogP contribution < -0.4 is 0 Å². The average Bonchev–Trinajstić information content (AvgIpc) is 1.87. The maximum absolute atomic E-state index is 3.60. The highest BCUT2D eigenvalue weighted by atomic mass is 79.9. The van der Waals surface area contributed by atoms with Crippen LogP contribution in [0, 0.1) is 0 Å². The summed E-state index contributed by atoms with van der Waals surface area (Å²) < 4.78 is 8.28. The van der Waals surface area contributed by atoms with Gasteiger partial charge in [0, 0.05) is 75.7 Å². The first kappa shape index (κ1) is 47.9. The molecule has 2 aliphatic rings. The van der Waals surface area contributed by atoms with Crippen molar-refractivity contribution >= 4 is 125 Å². The highest BCUT2D eigenvalue weighted by molar-refractivity contribution is 9.10. The zero-order chi connectivity index (χ0) is 55.9. The van der Waals surface area contributed by atoms with Gasteiger partial charge in [0.15, 0.2) is 0 Å². The summed E-state index contributed by atoms with van der Waals surface area (Å²) in [6.07, 6.45) is 0. The Labute approximate surface area is 497 Å². The molecule has 0 unspecified atom stereocenters. The number of halogens is 1. The monoisotopic (exact) mass is 1140 g/mol. The normalized spacial score (nSPS) is 12.1. The number of rotatable bonds is 3. The zero-order valence-electron chi connectivity index (χ0n) is 45.9. The van der Waals surface area contributed by atoms with Crippen molar-refractivity contribution in [2.75, 3.05) is 0 Å². The number of benzene rings is 14. The van der Waals surface area contributed by atoms with Crippen molar-refractivity contribution in [3.8, 4) is 61.6 Å². The maximum Gasteiger partial charge on any atom is 0.0548 e. The fourth-order valence-corrected chi connectivity index (χ4v) is 15.0. The molecule has 0 bridgehead atoms. The van der Waals surface area contributed by atoms with Crippen LogP contribution in [0.4, 0.5) is 0 Å². The minimum Gasteiger partial charge on any atom is -0.354 e. The van der Waals surface area contributed by atoms with Gasteiger partial charge in [0.1, 0.15) is 0 Å². The third-order valence-corrected chi connectivity index (χ3v) is 18.5. The second kappa shape index (κ2) is 18.6. The van der Waals surface area contributed by atoms with Crippen molar-refractivity contribution in [3.63, 3.8) is 0 Å². The van der Waals surface area contributed by atoms with E-state index < -0.39 is 0 Å². The van der Waals surface area contributed by atoms with Gasteiger partial charge in [0.2, 0.25) is 0 Å². The van der Waals surface area contributed by atoms with Gasteiger partial charge in [-0.3, -0.25) is 0 Å². The number of nitrogens with one attached hydrogen (secondary N) is 1. The van der Waals surface area contributed by atoms with E-state index in [1.54, 1.807) is 0 Å². The molecule has 0 amide bonds. The van der Waals surface area contributed by atoms with Gasteiger partial charge in [0.25, 0.3) is 0 Å². The molecule has 20 rings (SSSR count). The van der Waals surface area contributed by atoms with Crippen LogP contribution in [0.5, 0.6) is 0 Å². The molecule has 4 heterocycles. The Balaban J connectivity index is 0.000000107. The van der Waals surface area contributed by atoms with Gasteiger partial charge in [0.05, 0.1) is 33.1 Å². The molecule has 0 saturated carbocycles. The molecule has 0 saturated heterocycles. The second-order valence-electron chi connectivity index (χ2n) is 22.5. The summed E-state index contributed by atoms with van der Waals surface area (Å²) in [6, 6.07) is 105. The Morgan fingerprint density at radius 3 is 1.11 bits per heavy atom. The number of aromatic amines is 1. The van der Waals surface area contributed by atoms with Crippen LogP contribution in [-0.2, 0) is 0 Å². The summed E-state index contributed by atoms with van der Waals surface area (Å²) in [6.45, 7) is 0. The van der Waals surface area contributed by atoms with Crippen molar-refractivity contribution in [2.24, 2.45) is 0 Å². The van der Waals surface area contributed by atoms with Crippen molar-refractivity contribution in [2.45, 2.75) is 0 Å². The van der Waals surface area contributed by atoms with E-state index in [1.807, 2.05) is 0 Å². The summed E-state index contributed by atoms with van der Waals surface area (Å²) in [7, 11) is 0. The largest absolute Gasteiger partial charge is 0.354 e. The van der Waals surface area contributed by atoms with Crippen LogP contribution in [0.1, 0.15) is 0 Å². The van der Waals surface area contributed by atoms with E-state index in [9.17, 15) is 0 Å². The van der Waals surface area contributed by atoms with Gasteiger partial charge in [-0.05, 0) is 151 Å². The fourth-order valence-electron chi connectivity index (χ4n) is 14.6. The molecular weight excluding hydrogens is 1100 g/mol. The van der Waals surface area contributed by atoms with Gasteiger partial charge in [-0.1, -0.05) is 222 Å². The van der Waals surface area contributed by atoms with Gasteiger partial charge < -0.3 is 18.7 Å². The van der Waals surface area contributed by atoms with Gasteiger partial charge in [-0.25, -0.2) is 0 Å². The van der Waals surface area contributed by atoms with Crippen molar-refractivity contribution < 1.29 is 0 Å². The third kappa shape index (κ3) is 7.08. The van der Waals surface area contributed by atoms with Crippen LogP contribution >= 0.6 is 15.9 Å². The van der Waals surface area contributed by atoms with E-state index in [0.29, 0.717) is 0 Å². The number of H-pyrrole nitrogens is 1. The molecule has 0 aliphatic heterocycles. The summed E-state index contributed by atoms with van der Waals surface area (Å²) in [5, 5.41) is 15.8. The summed E-state index contributed by atoms with van der Waals surface area (Å²) in [5.41, 5.74) is 23.9. The molecule has 2 aliphatic carbocycles. The van der Waals surface area contributed by atoms with Crippen LogP contribution in [-0.4, -0.2) is 18.7 Å². The molecule has 0 radical (unpaired) electrons. The van der Waals surface area contributed by atoms with Crippen LogP contribution in [0.15, 0.2) is 296 Å². The van der Waals surface area contributed by atoms with Gasteiger partial charge in [-0.2, -0.15) is 0 Å². The lowest BCUT2D eigenvalue weighted by atomic mass is 9.93. The third-order valence-electron chi connectivity index (χ3n) is 18.0. The standard InChI is InChI=1S/C40H24N2.C22H13N.C18H12BrN/c1-2-14-29-28(13-1)32-17-7-10-25-22-23-37-40(38(25)32)39-33(29)18-9-21-36(39)42(37)27-12-8-11-26(24-27)41-34-19-5-3-15-30(34)31-16-4-6-20-35(31)41;1-2-7-15-14(6-1)16-8-3-5-13-11-12-19-22(20(13)16)21-17(15)9-4-10-18(21)23-19;19-13-6-5-7-14(12-13)20-17-10-3-1-8-15(17)16-9-2-4-11-18(16)20/h1-24H;1-12,23H;1-12H. The van der Waals surface area contributed by atoms with E-state index in [1.165, 1.54) is 159 Å². The Kier molecular flexibility index (Phi) is 10.5. The van der Waals surface area contributed by atoms with E-state index in [4.69, 9.17) is 0 Å². The Morgan fingerprint density at radius 2 is 0.576 bits per heavy atom. The number of hydrogen-bond acceptors (Lipinski definition) is 0. The smallest absolute Gasteiger partial charge is 0.0548 e. The minimum atomic E-state index is 1.09. The first-order valence-corrected chi connectivity index (χ1v) is 29.9. The summed E-state index contributed by atoms with van der Waals surface area (Å²) in [4.78, 5) is 3.60. The number of hydrogen-bond donors (Lipinski definition) is 1. The second-order valence-corrected chi connectivity index (χ2v) is 23.4. The van der Waals surface area contributed by atoms with Crippen LogP contribution in [0.2, 0.25) is 0 Å². The molecule has 5 heteroatoms. The Morgan fingerprint density at radius 1 is 0.224 bits per heavy atom. The van der Waals surface area contributed by atoms with E-state index in [0.717, 1.165) is 15.8 Å². The fraction of sp³-hybridized carbons (Fsp3) is 0. The van der Waals surface area contributed by atoms with Gasteiger partial charge >= 0.3 is 0 Å². The average molecular weight is 1150 g/mol. The molecule has 0 fully saturated rings. The predicted molar refractivity (Wildman–Crippen MR) is 363 cm³/mol. The zero-order valence-corrected chi connectivity index (χ0v) is 47.5. The molecule has 85 heavy (non-hydrogen) atoms. The number of fused-ring (bicyclic) bond motifs is 12. The van der Waals surface area contributed by atoms with Crippen molar-refractivity contribution in [3.05, 3.63) is 296 Å². The first-order chi connectivity index (χ1) is 42.1. The molecule has 14 aromatic carbocycles. The molecular formula is C80H49BrN4. The topological polar surface area (TPSA) is 30.6 Å². The van der Waals surface area contributed by atoms with E-state index in [-0.39, 0.29) is 0 Å². The maximum atomic E-state index is 3.60. The van der Waals surface area contributed by atoms with E-state index >= 15 is 0 Å². The molecule has 1 N–H and O–H groups in total. The SMILES string of the molecule is Brc1cccc(-n2c3ccccc3c3ccccc32)c1.c1cc(-n2c3ccccc3c3ccccc32)cc(-n2c3cccc4c3c3c5c(cccc5ccc32)-c2ccccc2-4)c1.c1ccc2c(c1)-c1cccc3ccc4[nH]c5cccc-2c5c4c13. The van der Waals surface area contributed by atoms with E-state index in [2.05, 4.69) is 326 Å². The highest BCUT2D eigenvalue weighted by Gasteiger charge is 2.26. The molecule has 396 valence electrons. The number of aromatic nitrogens is 4. The molecule has 0 atom stereocenters. The Bertz CT molecular complexity index is 5700. The summed E-state index contributed by atoms with van der Waals surface area (Å²) in [5.74, 6) is 0. The van der Waals surface area contributed by atoms with Crippen LogP contribution in [0.3, 0.4) is 0 Å². The summed E-state index contributed by atoms with van der Waals surface area (Å²) >= 11 is 3.56.